The van der Waals surface area contributed by atoms with Crippen molar-refractivity contribution in [3.8, 4) is 0 Å². The third-order valence-electron chi connectivity index (χ3n) is 1.77. The second kappa shape index (κ2) is 6.95. The van der Waals surface area contributed by atoms with Crippen LogP contribution < -0.4 is 0 Å². The average molecular weight is 231 g/mol. The molecule has 0 heterocycles. The predicted octanol–water partition coefficient (Wildman–Crippen LogP) is 0.234. The summed E-state index contributed by atoms with van der Waals surface area (Å²) in [4.78, 5) is 25.5. The number of carbonyl (C=O) groups is 2. The Bertz CT molecular complexity index is 285. The molecule has 6 heteroatoms. The molecule has 2 atom stereocenters. The van der Waals surface area contributed by atoms with Gasteiger partial charge in [0.15, 0.2) is 6.04 Å². The van der Waals surface area contributed by atoms with Crippen LogP contribution in [-0.2, 0) is 14.3 Å². The number of rotatable bonds is 6. The number of carboxylic acid groups (broad SMARTS) is 1. The molecule has 0 spiro atoms. The van der Waals surface area contributed by atoms with Crippen molar-refractivity contribution in [2.45, 2.75) is 39.3 Å². The van der Waals surface area contributed by atoms with E-state index in [4.69, 9.17) is 10.2 Å². The Morgan fingerprint density at radius 3 is 2.38 bits per heavy atom. The topological polar surface area (TPSA) is 96.2 Å². The SMILES string of the molecule is CCOC(=O)CC(C)=N[C@H](C(=O)O)[C@@H](C)O. The van der Waals surface area contributed by atoms with Crippen LogP contribution in [0.25, 0.3) is 0 Å². The molecule has 0 unspecified atom stereocenters. The van der Waals surface area contributed by atoms with Crippen LogP contribution in [0.2, 0.25) is 0 Å². The number of aliphatic carboxylic acids is 1. The zero-order valence-electron chi connectivity index (χ0n) is 9.64. The molecule has 0 radical (unpaired) electrons. The van der Waals surface area contributed by atoms with E-state index in [-0.39, 0.29) is 13.0 Å². The fourth-order valence-electron chi connectivity index (χ4n) is 1.07. The highest BCUT2D eigenvalue weighted by atomic mass is 16.5. The molecule has 92 valence electrons. The van der Waals surface area contributed by atoms with E-state index < -0.39 is 24.1 Å². The summed E-state index contributed by atoms with van der Waals surface area (Å²) in [5, 5.41) is 17.9. The molecule has 0 aliphatic heterocycles. The first-order valence-electron chi connectivity index (χ1n) is 4.98. The number of hydrogen-bond donors (Lipinski definition) is 2. The molecule has 0 fully saturated rings. The minimum atomic E-state index is -1.24. The van der Waals surface area contributed by atoms with Gasteiger partial charge < -0.3 is 14.9 Å². The van der Waals surface area contributed by atoms with E-state index in [2.05, 4.69) is 9.73 Å². The summed E-state index contributed by atoms with van der Waals surface area (Å²) in [6.07, 6.45) is -1.17. The molecule has 0 aromatic heterocycles. The fourth-order valence-corrected chi connectivity index (χ4v) is 1.07. The first kappa shape index (κ1) is 14.6. The highest BCUT2D eigenvalue weighted by molar-refractivity contribution is 5.98. The maximum Gasteiger partial charge on any atom is 0.331 e. The summed E-state index contributed by atoms with van der Waals surface area (Å²) in [6, 6.07) is -1.24. The molecule has 0 aliphatic rings. The second-order valence-electron chi connectivity index (χ2n) is 3.37. The number of aliphatic hydroxyl groups is 1. The summed E-state index contributed by atoms with van der Waals surface area (Å²) < 4.78 is 4.69. The van der Waals surface area contributed by atoms with Crippen LogP contribution in [0.1, 0.15) is 27.2 Å². The van der Waals surface area contributed by atoms with Gasteiger partial charge in [0.1, 0.15) is 0 Å². The van der Waals surface area contributed by atoms with E-state index in [0.29, 0.717) is 5.71 Å². The van der Waals surface area contributed by atoms with Crippen LogP contribution in [0.3, 0.4) is 0 Å². The highest BCUT2D eigenvalue weighted by Gasteiger charge is 2.22. The number of aliphatic imine (C=N–C) groups is 1. The van der Waals surface area contributed by atoms with Crippen molar-refractivity contribution in [1.29, 1.82) is 0 Å². The molecule has 2 N–H and O–H groups in total. The number of carbonyl (C=O) groups excluding carboxylic acids is 1. The molecular formula is C10H17NO5. The maximum absolute atomic E-state index is 11.1. The first-order chi connectivity index (χ1) is 7.38. The van der Waals surface area contributed by atoms with E-state index in [9.17, 15) is 9.59 Å². The number of nitrogens with zero attached hydrogens (tertiary/aromatic N) is 1. The zero-order chi connectivity index (χ0) is 12.7. The smallest absolute Gasteiger partial charge is 0.331 e. The number of hydrogen-bond acceptors (Lipinski definition) is 5. The minimum absolute atomic E-state index is 0.0651. The third-order valence-corrected chi connectivity index (χ3v) is 1.77. The van der Waals surface area contributed by atoms with Crippen LogP contribution in [-0.4, -0.2) is 46.6 Å². The summed E-state index contributed by atoms with van der Waals surface area (Å²) in [7, 11) is 0. The second-order valence-corrected chi connectivity index (χ2v) is 3.37. The molecule has 0 saturated carbocycles. The van der Waals surface area contributed by atoms with E-state index in [0.717, 1.165) is 0 Å². The standard InChI is InChI=1S/C10H17NO5/c1-4-16-8(13)5-6(2)11-9(7(3)12)10(14)15/h7,9,12H,4-5H2,1-3H3,(H,14,15)/t7-,9+/m1/s1. The maximum atomic E-state index is 11.1. The molecule has 0 bridgehead atoms. The molecule has 0 aromatic carbocycles. The van der Waals surface area contributed by atoms with Crippen LogP contribution >= 0.6 is 0 Å². The van der Waals surface area contributed by atoms with E-state index in [1.807, 2.05) is 0 Å². The largest absolute Gasteiger partial charge is 0.480 e. The summed E-state index contributed by atoms with van der Waals surface area (Å²) in [5.41, 5.74) is 0.326. The summed E-state index contributed by atoms with van der Waals surface area (Å²) in [5.74, 6) is -1.68. The number of ether oxygens (including phenoxy) is 1. The number of esters is 1. The van der Waals surface area contributed by atoms with Gasteiger partial charge in [0.05, 0.1) is 19.1 Å². The molecular weight excluding hydrogens is 214 g/mol. The van der Waals surface area contributed by atoms with Crippen LogP contribution in [0.5, 0.6) is 0 Å². The van der Waals surface area contributed by atoms with Crippen LogP contribution in [0, 0.1) is 0 Å². The van der Waals surface area contributed by atoms with Gasteiger partial charge >= 0.3 is 11.9 Å². The predicted molar refractivity (Wildman–Crippen MR) is 57.5 cm³/mol. The molecule has 0 amide bonds. The van der Waals surface area contributed by atoms with Gasteiger partial charge in [-0.1, -0.05) is 0 Å². The Kier molecular flexibility index (Phi) is 6.32. The van der Waals surface area contributed by atoms with Gasteiger partial charge in [0.2, 0.25) is 0 Å². The molecule has 0 rings (SSSR count). The lowest BCUT2D eigenvalue weighted by Crippen LogP contribution is -2.31. The van der Waals surface area contributed by atoms with Gasteiger partial charge in [0.25, 0.3) is 0 Å². The first-order valence-corrected chi connectivity index (χ1v) is 4.98. The van der Waals surface area contributed by atoms with Crippen molar-refractivity contribution in [3.63, 3.8) is 0 Å². The lowest BCUT2D eigenvalue weighted by atomic mass is 10.2. The lowest BCUT2D eigenvalue weighted by Gasteiger charge is -2.11. The highest BCUT2D eigenvalue weighted by Crippen LogP contribution is 2.02. The third kappa shape index (κ3) is 5.45. The van der Waals surface area contributed by atoms with Crippen molar-refractivity contribution in [1.82, 2.24) is 0 Å². The Morgan fingerprint density at radius 2 is 2.00 bits per heavy atom. The van der Waals surface area contributed by atoms with E-state index in [1.54, 1.807) is 6.92 Å². The number of carboxylic acids is 1. The van der Waals surface area contributed by atoms with Gasteiger partial charge in [0, 0.05) is 5.71 Å². The molecule has 16 heavy (non-hydrogen) atoms. The van der Waals surface area contributed by atoms with Gasteiger partial charge in [-0.05, 0) is 20.8 Å². The van der Waals surface area contributed by atoms with Gasteiger partial charge in [-0.3, -0.25) is 9.79 Å². The summed E-state index contributed by atoms with van der Waals surface area (Å²) in [6.45, 7) is 4.81. The normalized spacial score (nSPS) is 15.4. The van der Waals surface area contributed by atoms with Crippen molar-refractivity contribution < 1.29 is 24.5 Å². The van der Waals surface area contributed by atoms with E-state index >= 15 is 0 Å². The monoisotopic (exact) mass is 231 g/mol. The zero-order valence-corrected chi connectivity index (χ0v) is 9.64. The Hall–Kier alpha value is -1.43. The van der Waals surface area contributed by atoms with Gasteiger partial charge in [-0.25, -0.2) is 4.79 Å². The van der Waals surface area contributed by atoms with Gasteiger partial charge in [-0.15, -0.1) is 0 Å². The molecule has 0 aliphatic carbocycles. The minimum Gasteiger partial charge on any atom is -0.480 e. The average Bonchev–Trinajstić information content (AvgIpc) is 2.13. The van der Waals surface area contributed by atoms with Crippen molar-refractivity contribution >= 4 is 17.7 Å². The van der Waals surface area contributed by atoms with Gasteiger partial charge in [-0.2, -0.15) is 0 Å². The van der Waals surface area contributed by atoms with Crippen LogP contribution in [0.4, 0.5) is 0 Å². The Balaban J connectivity index is 4.49. The van der Waals surface area contributed by atoms with Crippen molar-refractivity contribution in [2.24, 2.45) is 4.99 Å². The quantitative estimate of drug-likeness (QED) is 0.504. The molecule has 6 nitrogen and oxygen atoms in total. The molecule has 0 saturated heterocycles. The van der Waals surface area contributed by atoms with Crippen molar-refractivity contribution in [2.75, 3.05) is 6.61 Å². The molecule has 0 aromatic rings. The van der Waals surface area contributed by atoms with Crippen molar-refractivity contribution in [3.05, 3.63) is 0 Å². The van der Waals surface area contributed by atoms with Crippen LogP contribution in [0.15, 0.2) is 4.99 Å². The van der Waals surface area contributed by atoms with E-state index in [1.165, 1.54) is 13.8 Å². The fraction of sp³-hybridized carbons (Fsp3) is 0.700. The Labute approximate surface area is 93.9 Å². The Morgan fingerprint density at radius 1 is 1.44 bits per heavy atom. The number of aliphatic hydroxyl groups excluding tert-OH is 1. The lowest BCUT2D eigenvalue weighted by molar-refractivity contribution is -0.142. The summed E-state index contributed by atoms with van der Waals surface area (Å²) >= 11 is 0.